The Kier molecular flexibility index (Phi) is 9.15. The van der Waals surface area contributed by atoms with E-state index in [4.69, 9.17) is 26.3 Å². The number of aromatic nitrogens is 2. The highest BCUT2D eigenvalue weighted by Gasteiger charge is 2.52. The smallest absolute Gasteiger partial charge is 0.318 e. The highest BCUT2D eigenvalue weighted by atomic mass is 35.5. The number of benzene rings is 1. The summed E-state index contributed by atoms with van der Waals surface area (Å²) in [6.07, 6.45) is 7.20. The van der Waals surface area contributed by atoms with Gasteiger partial charge in [0.1, 0.15) is 12.4 Å². The number of aryl methyl sites for hydroxylation is 1. The summed E-state index contributed by atoms with van der Waals surface area (Å²) in [5, 5.41) is 10.3. The lowest BCUT2D eigenvalue weighted by Crippen LogP contribution is -2.61. The van der Waals surface area contributed by atoms with Crippen LogP contribution >= 0.6 is 20.8 Å². The molecule has 6 atom stereocenters. The number of nitrogens with zero attached hydrogens (tertiary/aromatic N) is 6. The van der Waals surface area contributed by atoms with Gasteiger partial charge in [0, 0.05) is 48.5 Å². The monoisotopic (exact) mass is 638 g/mol. The summed E-state index contributed by atoms with van der Waals surface area (Å²) < 4.78 is 20.3. The minimum atomic E-state index is -1.00. The van der Waals surface area contributed by atoms with Crippen molar-refractivity contribution in [1.82, 2.24) is 19.8 Å². The summed E-state index contributed by atoms with van der Waals surface area (Å²) >= 11 is 6.47. The number of nitriles is 1. The van der Waals surface area contributed by atoms with Crippen LogP contribution in [0.2, 0.25) is 5.02 Å². The van der Waals surface area contributed by atoms with Gasteiger partial charge >= 0.3 is 6.01 Å². The third-order valence-electron chi connectivity index (χ3n) is 10.4. The van der Waals surface area contributed by atoms with E-state index in [9.17, 15) is 14.4 Å². The van der Waals surface area contributed by atoms with Crippen molar-refractivity contribution in [2.24, 2.45) is 5.92 Å². The van der Waals surface area contributed by atoms with Crippen LogP contribution in [0.25, 0.3) is 0 Å². The Morgan fingerprint density at radius 2 is 2.07 bits per heavy atom. The maximum absolute atomic E-state index is 13.8. The molecule has 234 valence electrons. The molecular weight excluding hydrogens is 598 g/mol. The van der Waals surface area contributed by atoms with Gasteiger partial charge in [0.2, 0.25) is 0 Å². The van der Waals surface area contributed by atoms with Crippen LogP contribution in [0.1, 0.15) is 67.9 Å². The number of piperazine rings is 1. The second-order valence-corrected chi connectivity index (χ2v) is 14.0. The molecule has 3 saturated heterocycles. The van der Waals surface area contributed by atoms with Gasteiger partial charge < -0.3 is 14.5 Å². The fourth-order valence-corrected chi connectivity index (χ4v) is 8.62. The van der Waals surface area contributed by atoms with E-state index in [1.165, 1.54) is 11.3 Å². The van der Waals surface area contributed by atoms with E-state index in [0.717, 1.165) is 72.7 Å². The first-order valence-corrected chi connectivity index (χ1v) is 16.8. The number of anilines is 1. The maximum atomic E-state index is 13.8. The molecule has 8 nitrogen and oxygen atoms in total. The summed E-state index contributed by atoms with van der Waals surface area (Å²) in [6.45, 7) is 8.28. The van der Waals surface area contributed by atoms with Crippen molar-refractivity contribution in [3.63, 3.8) is 0 Å². The first kappa shape index (κ1) is 31.2. The predicted octanol–water partition coefficient (Wildman–Crippen LogP) is 5.66. The van der Waals surface area contributed by atoms with Crippen LogP contribution < -0.4 is 9.64 Å². The van der Waals surface area contributed by atoms with Crippen molar-refractivity contribution in [1.29, 1.82) is 5.26 Å². The van der Waals surface area contributed by atoms with Gasteiger partial charge in [0.15, 0.2) is 5.83 Å². The lowest BCUT2D eigenvalue weighted by molar-refractivity contribution is -0.131. The van der Waals surface area contributed by atoms with Crippen molar-refractivity contribution in [3.8, 4) is 12.1 Å². The Morgan fingerprint density at radius 1 is 1.25 bits per heavy atom. The highest BCUT2D eigenvalue weighted by molar-refractivity contribution is 7.17. The van der Waals surface area contributed by atoms with Crippen LogP contribution in [0, 0.1) is 17.2 Å². The van der Waals surface area contributed by atoms with Crippen LogP contribution in [0.4, 0.5) is 10.2 Å². The molecule has 1 aromatic carbocycles. The van der Waals surface area contributed by atoms with Crippen molar-refractivity contribution >= 4 is 32.6 Å². The molecule has 0 bridgehead atoms. The van der Waals surface area contributed by atoms with E-state index in [2.05, 4.69) is 44.7 Å². The van der Waals surface area contributed by atoms with Crippen molar-refractivity contribution in [2.45, 2.75) is 81.6 Å². The van der Waals surface area contributed by atoms with Gasteiger partial charge in [-0.05, 0) is 69.4 Å². The summed E-state index contributed by atoms with van der Waals surface area (Å²) in [5.74, 6) is -0.554. The zero-order chi connectivity index (χ0) is 31.0. The average molecular weight is 639 g/mol. The van der Waals surface area contributed by atoms with Gasteiger partial charge in [-0.2, -0.15) is 15.2 Å². The molecule has 1 aliphatic carbocycles. The minimum Gasteiger partial charge on any atom is -0.461 e. The van der Waals surface area contributed by atoms with E-state index >= 15 is 0 Å². The number of halogens is 2. The molecule has 44 heavy (non-hydrogen) atoms. The number of fused-ring (bicyclic) bond motifs is 2. The van der Waals surface area contributed by atoms with Gasteiger partial charge in [-0.25, -0.2) is 4.39 Å². The van der Waals surface area contributed by atoms with E-state index in [1.54, 1.807) is 0 Å². The SMILES string of the molecule is C=C(F)C(=O)N1CCN(c2nc(OCC34CCC(C)N3CC4)nc3c2CCC(CCc2ccccc2Cl)C3P)CC1CC#N. The molecule has 3 aliphatic heterocycles. The van der Waals surface area contributed by atoms with Crippen molar-refractivity contribution in [3.05, 3.63) is 58.5 Å². The quantitative estimate of drug-likeness (QED) is 0.259. The number of ether oxygens (including phenoxy) is 1. The zero-order valence-electron chi connectivity index (χ0n) is 25.4. The fourth-order valence-electron chi connectivity index (χ4n) is 7.73. The van der Waals surface area contributed by atoms with E-state index in [1.807, 2.05) is 18.2 Å². The van der Waals surface area contributed by atoms with Crippen LogP contribution in [0.5, 0.6) is 6.01 Å². The minimum absolute atomic E-state index is 0.0648. The Hall–Kier alpha value is -2.79. The molecule has 0 radical (unpaired) electrons. The number of hydrogen-bond acceptors (Lipinski definition) is 7. The lowest BCUT2D eigenvalue weighted by atomic mass is 9.82. The standard InChI is InChI=1S/C33H41ClFN6O2P/c1-21-11-13-33(14-16-41(21)33)20-43-32-37-28-26(10-9-24(29(28)44)8-7-23-5-3-4-6-27(23)34)30(38-32)39-17-18-40(31(42)22(2)35)25(19-39)12-15-36/h3-6,21,24-25,29H,2,7-14,16-20,44H2,1H3. The molecule has 4 aliphatic rings. The van der Waals surface area contributed by atoms with Crippen LogP contribution in [-0.4, -0.2) is 76.1 Å². The Morgan fingerprint density at radius 3 is 2.77 bits per heavy atom. The fraction of sp³-hybridized carbons (Fsp3) is 0.576. The van der Waals surface area contributed by atoms with E-state index < -0.39 is 17.8 Å². The number of hydrogen-bond donors (Lipinski definition) is 0. The third-order valence-corrected chi connectivity index (χ3v) is 11.6. The average Bonchev–Trinajstić information content (AvgIpc) is 3.22. The molecule has 4 heterocycles. The molecular formula is C33H41ClFN6O2P. The van der Waals surface area contributed by atoms with E-state index in [0.29, 0.717) is 37.7 Å². The zero-order valence-corrected chi connectivity index (χ0v) is 27.3. The Labute approximate surface area is 266 Å². The normalized spacial score (nSPS) is 28.1. The Balaban J connectivity index is 1.28. The molecule has 3 fully saturated rings. The number of amides is 1. The summed E-state index contributed by atoms with van der Waals surface area (Å²) in [6, 6.07) is 10.7. The molecule has 1 amide bonds. The highest BCUT2D eigenvalue weighted by Crippen LogP contribution is 2.47. The topological polar surface area (TPSA) is 85.6 Å². The summed E-state index contributed by atoms with van der Waals surface area (Å²) in [7, 11) is 3.04. The first-order chi connectivity index (χ1) is 21.2. The number of rotatable bonds is 9. The number of carbonyl (C=O) groups is 1. The van der Waals surface area contributed by atoms with E-state index in [-0.39, 0.29) is 24.2 Å². The molecule has 0 spiro atoms. The largest absolute Gasteiger partial charge is 0.461 e. The van der Waals surface area contributed by atoms with Gasteiger partial charge in [-0.1, -0.05) is 36.4 Å². The second-order valence-electron chi connectivity index (χ2n) is 12.9. The molecule has 11 heteroatoms. The van der Waals surface area contributed by atoms with Gasteiger partial charge in [-0.3, -0.25) is 9.69 Å². The van der Waals surface area contributed by atoms with Crippen molar-refractivity contribution < 1.29 is 13.9 Å². The summed E-state index contributed by atoms with van der Waals surface area (Å²) in [4.78, 5) is 28.7. The van der Waals surface area contributed by atoms with Crippen molar-refractivity contribution in [2.75, 3.05) is 37.7 Å². The molecule has 2 aromatic rings. The molecule has 1 aromatic heterocycles. The van der Waals surface area contributed by atoms with Gasteiger partial charge in [0.25, 0.3) is 5.91 Å². The molecule has 6 rings (SSSR count). The maximum Gasteiger partial charge on any atom is 0.318 e. The van der Waals surface area contributed by atoms with Gasteiger partial charge in [0.05, 0.1) is 29.8 Å². The van der Waals surface area contributed by atoms with Gasteiger partial charge in [-0.15, -0.1) is 9.24 Å². The summed E-state index contributed by atoms with van der Waals surface area (Å²) in [5.41, 5.74) is 3.42. The first-order valence-electron chi connectivity index (χ1n) is 15.8. The van der Waals surface area contributed by atoms with Crippen LogP contribution in [-0.2, 0) is 17.6 Å². The Bertz CT molecular complexity index is 1470. The van der Waals surface area contributed by atoms with Crippen LogP contribution in [0.3, 0.4) is 0 Å². The molecule has 0 N–H and O–H groups in total. The predicted molar refractivity (Wildman–Crippen MR) is 173 cm³/mol. The number of carbonyl (C=O) groups excluding carboxylic acids is 1. The van der Waals surface area contributed by atoms with Crippen LogP contribution in [0.15, 0.2) is 36.7 Å². The lowest BCUT2D eigenvalue weighted by Gasteiger charge is -2.49. The third kappa shape index (κ3) is 5.94. The second kappa shape index (κ2) is 12.9. The molecule has 6 unspecified atom stereocenters. The molecule has 0 saturated carbocycles.